The molecule has 1 aromatic carbocycles. The van der Waals surface area contributed by atoms with Gasteiger partial charge in [-0.05, 0) is 37.0 Å². The highest BCUT2D eigenvalue weighted by Gasteiger charge is 2.25. The van der Waals surface area contributed by atoms with Gasteiger partial charge in [0.2, 0.25) is 5.91 Å². The third-order valence-corrected chi connectivity index (χ3v) is 3.78. The first kappa shape index (κ1) is 13.1. The minimum Gasteiger partial charge on any atom is -0.353 e. The Labute approximate surface area is 117 Å². The van der Waals surface area contributed by atoms with Gasteiger partial charge in [-0.3, -0.25) is 10.2 Å². The van der Waals surface area contributed by atoms with Gasteiger partial charge in [-0.25, -0.2) is 4.39 Å². The Morgan fingerprint density at radius 1 is 1.45 bits per heavy atom. The standard InChI is InChI=1S/C15H18FN3O/c16-11-4-3-10-9-19(15(17)13(10)8-11)7-1-2-14(20)18-12-5-6-12/h3-4,8,12,17H,1-2,5-7,9H2,(H,18,20). The third kappa shape index (κ3) is 2.81. The first-order valence-corrected chi connectivity index (χ1v) is 7.05. The fraction of sp³-hybridized carbons (Fsp3) is 0.467. The average Bonchev–Trinajstić information content (AvgIpc) is 3.17. The molecule has 1 saturated carbocycles. The Morgan fingerprint density at radius 3 is 3.00 bits per heavy atom. The lowest BCUT2D eigenvalue weighted by Gasteiger charge is -2.17. The maximum atomic E-state index is 13.2. The summed E-state index contributed by atoms with van der Waals surface area (Å²) in [7, 11) is 0. The van der Waals surface area contributed by atoms with Gasteiger partial charge < -0.3 is 10.2 Å². The Kier molecular flexibility index (Phi) is 3.42. The lowest BCUT2D eigenvalue weighted by molar-refractivity contribution is -0.121. The highest BCUT2D eigenvalue weighted by molar-refractivity contribution is 6.00. The van der Waals surface area contributed by atoms with Crippen LogP contribution in [0.3, 0.4) is 0 Å². The van der Waals surface area contributed by atoms with E-state index in [4.69, 9.17) is 5.41 Å². The zero-order valence-electron chi connectivity index (χ0n) is 11.3. The lowest BCUT2D eigenvalue weighted by atomic mass is 10.1. The molecule has 0 bridgehead atoms. The molecule has 106 valence electrons. The highest BCUT2D eigenvalue weighted by atomic mass is 19.1. The second kappa shape index (κ2) is 5.23. The van der Waals surface area contributed by atoms with E-state index >= 15 is 0 Å². The Hall–Kier alpha value is -1.91. The van der Waals surface area contributed by atoms with Gasteiger partial charge in [0, 0.05) is 31.1 Å². The number of amidine groups is 1. The van der Waals surface area contributed by atoms with Crippen LogP contribution in [-0.4, -0.2) is 29.2 Å². The van der Waals surface area contributed by atoms with Crippen LogP contribution in [0.4, 0.5) is 4.39 Å². The molecule has 3 rings (SSSR count). The fourth-order valence-electron chi connectivity index (χ4n) is 2.51. The summed E-state index contributed by atoms with van der Waals surface area (Å²) in [6.45, 7) is 1.30. The van der Waals surface area contributed by atoms with Crippen molar-refractivity contribution >= 4 is 11.7 Å². The molecule has 0 radical (unpaired) electrons. The normalized spacial score (nSPS) is 17.2. The summed E-state index contributed by atoms with van der Waals surface area (Å²) in [5.74, 6) is 0.156. The summed E-state index contributed by atoms with van der Waals surface area (Å²) in [4.78, 5) is 13.5. The molecule has 1 aromatic rings. The van der Waals surface area contributed by atoms with Crippen molar-refractivity contribution in [1.29, 1.82) is 5.41 Å². The molecule has 0 atom stereocenters. The molecule has 20 heavy (non-hydrogen) atoms. The number of hydrogen-bond donors (Lipinski definition) is 2. The largest absolute Gasteiger partial charge is 0.353 e. The predicted octanol–water partition coefficient (Wildman–Crippen LogP) is 2.03. The van der Waals surface area contributed by atoms with Crippen molar-refractivity contribution in [2.75, 3.05) is 6.54 Å². The maximum absolute atomic E-state index is 13.2. The quantitative estimate of drug-likeness (QED) is 0.864. The molecule has 2 aliphatic rings. The average molecular weight is 275 g/mol. The SMILES string of the molecule is N=C1c2cc(F)ccc2CN1CCCC(=O)NC1CC1. The van der Waals surface area contributed by atoms with Crippen molar-refractivity contribution in [3.8, 4) is 0 Å². The molecule has 0 aromatic heterocycles. The smallest absolute Gasteiger partial charge is 0.220 e. The van der Waals surface area contributed by atoms with Crippen LogP contribution in [0.5, 0.6) is 0 Å². The number of rotatable bonds is 5. The Bertz CT molecular complexity index is 554. The summed E-state index contributed by atoms with van der Waals surface area (Å²) in [5, 5.41) is 11.0. The number of benzene rings is 1. The molecule has 4 nitrogen and oxygen atoms in total. The van der Waals surface area contributed by atoms with E-state index in [9.17, 15) is 9.18 Å². The molecule has 2 N–H and O–H groups in total. The van der Waals surface area contributed by atoms with Gasteiger partial charge in [-0.1, -0.05) is 6.07 Å². The number of carbonyl (C=O) groups is 1. The van der Waals surface area contributed by atoms with E-state index < -0.39 is 0 Å². The number of hydrogen-bond acceptors (Lipinski definition) is 2. The van der Waals surface area contributed by atoms with E-state index in [0.29, 0.717) is 37.0 Å². The van der Waals surface area contributed by atoms with Gasteiger partial charge in [-0.2, -0.15) is 0 Å². The van der Waals surface area contributed by atoms with Gasteiger partial charge in [0.25, 0.3) is 0 Å². The molecule has 5 heteroatoms. The van der Waals surface area contributed by atoms with Gasteiger partial charge in [-0.15, -0.1) is 0 Å². The van der Waals surface area contributed by atoms with Crippen LogP contribution in [0, 0.1) is 11.2 Å². The van der Waals surface area contributed by atoms with Gasteiger partial charge in [0.05, 0.1) is 0 Å². The van der Waals surface area contributed by atoms with Crippen LogP contribution >= 0.6 is 0 Å². The van der Waals surface area contributed by atoms with Crippen molar-refractivity contribution in [2.24, 2.45) is 0 Å². The summed E-state index contributed by atoms with van der Waals surface area (Å²) in [5.41, 5.74) is 1.66. The molecule has 0 unspecified atom stereocenters. The summed E-state index contributed by atoms with van der Waals surface area (Å²) < 4.78 is 13.2. The van der Waals surface area contributed by atoms with Crippen LogP contribution < -0.4 is 5.32 Å². The molecule has 1 aliphatic carbocycles. The molecule has 0 saturated heterocycles. The minimum atomic E-state index is -0.306. The summed E-state index contributed by atoms with van der Waals surface area (Å²) >= 11 is 0. The van der Waals surface area contributed by atoms with Crippen molar-refractivity contribution in [1.82, 2.24) is 10.2 Å². The molecule has 1 amide bonds. The van der Waals surface area contributed by atoms with Crippen molar-refractivity contribution in [3.05, 3.63) is 35.1 Å². The zero-order chi connectivity index (χ0) is 14.1. The first-order valence-electron chi connectivity index (χ1n) is 7.05. The summed E-state index contributed by atoms with van der Waals surface area (Å²) in [6.07, 6.45) is 3.41. The second-order valence-corrected chi connectivity index (χ2v) is 5.52. The van der Waals surface area contributed by atoms with Crippen LogP contribution in [0.1, 0.15) is 36.8 Å². The second-order valence-electron chi connectivity index (χ2n) is 5.52. The molecular formula is C15H18FN3O. The van der Waals surface area contributed by atoms with Gasteiger partial charge >= 0.3 is 0 Å². The van der Waals surface area contributed by atoms with Crippen LogP contribution in [0.25, 0.3) is 0 Å². The van der Waals surface area contributed by atoms with E-state index in [-0.39, 0.29) is 11.7 Å². The molecule has 1 heterocycles. The number of carbonyl (C=O) groups excluding carboxylic acids is 1. The Balaban J connectivity index is 1.50. The minimum absolute atomic E-state index is 0.0989. The maximum Gasteiger partial charge on any atom is 0.220 e. The van der Waals surface area contributed by atoms with Crippen LogP contribution in [0.15, 0.2) is 18.2 Å². The molecule has 1 fully saturated rings. The summed E-state index contributed by atoms with van der Waals surface area (Å²) in [6, 6.07) is 4.98. The Morgan fingerprint density at radius 2 is 2.25 bits per heavy atom. The van der Waals surface area contributed by atoms with Crippen molar-refractivity contribution in [2.45, 2.75) is 38.3 Å². The topological polar surface area (TPSA) is 56.2 Å². The third-order valence-electron chi connectivity index (χ3n) is 3.78. The lowest BCUT2D eigenvalue weighted by Crippen LogP contribution is -2.28. The highest BCUT2D eigenvalue weighted by Crippen LogP contribution is 2.24. The van der Waals surface area contributed by atoms with Gasteiger partial charge in [0.1, 0.15) is 11.7 Å². The number of amides is 1. The van der Waals surface area contributed by atoms with Crippen molar-refractivity contribution < 1.29 is 9.18 Å². The van der Waals surface area contributed by atoms with Crippen LogP contribution in [0.2, 0.25) is 0 Å². The van der Waals surface area contributed by atoms with Crippen LogP contribution in [-0.2, 0) is 11.3 Å². The first-order chi connectivity index (χ1) is 9.63. The fourth-order valence-corrected chi connectivity index (χ4v) is 2.51. The van der Waals surface area contributed by atoms with E-state index in [0.717, 1.165) is 24.8 Å². The van der Waals surface area contributed by atoms with E-state index in [1.807, 2.05) is 4.90 Å². The number of nitrogens with zero attached hydrogens (tertiary/aromatic N) is 1. The van der Waals surface area contributed by atoms with E-state index in [2.05, 4.69) is 5.32 Å². The molecule has 0 spiro atoms. The monoisotopic (exact) mass is 275 g/mol. The molecule has 1 aliphatic heterocycles. The van der Waals surface area contributed by atoms with E-state index in [1.54, 1.807) is 6.07 Å². The zero-order valence-corrected chi connectivity index (χ0v) is 11.3. The number of nitrogens with one attached hydrogen (secondary N) is 2. The number of fused-ring (bicyclic) bond motifs is 1. The predicted molar refractivity (Wildman–Crippen MR) is 74.0 cm³/mol. The van der Waals surface area contributed by atoms with Gasteiger partial charge in [0.15, 0.2) is 0 Å². The molecular weight excluding hydrogens is 257 g/mol. The van der Waals surface area contributed by atoms with E-state index in [1.165, 1.54) is 12.1 Å². The van der Waals surface area contributed by atoms with Crippen molar-refractivity contribution in [3.63, 3.8) is 0 Å². The number of halogens is 1.